The van der Waals surface area contributed by atoms with Crippen molar-refractivity contribution in [3.05, 3.63) is 78.4 Å². The number of phenolic OH excluding ortho intramolecular Hbond substituents is 1. The van der Waals surface area contributed by atoms with E-state index in [-0.39, 0.29) is 17.1 Å². The smallest absolute Gasteiger partial charge is 0.168 e. The minimum atomic E-state index is -0.181. The molecule has 5 nitrogen and oxygen atoms in total. The summed E-state index contributed by atoms with van der Waals surface area (Å²) < 4.78 is 5.21. The minimum Gasteiger partial charge on any atom is -0.504 e. The molecule has 0 bridgehead atoms. The molecule has 138 valence electrons. The number of aromatic nitrogens is 2. The maximum Gasteiger partial charge on any atom is 0.168 e. The minimum absolute atomic E-state index is 0.147. The lowest BCUT2D eigenvalue weighted by atomic mass is 10.1. The van der Waals surface area contributed by atoms with Crippen molar-refractivity contribution in [2.75, 3.05) is 7.11 Å². The van der Waals surface area contributed by atoms with Gasteiger partial charge in [-0.2, -0.15) is 0 Å². The zero-order chi connectivity index (χ0) is 19.5. The number of benzene rings is 3. The van der Waals surface area contributed by atoms with E-state index in [1.807, 2.05) is 60.7 Å². The molecule has 1 aromatic heterocycles. The van der Waals surface area contributed by atoms with Gasteiger partial charge < -0.3 is 14.8 Å². The monoisotopic (exact) mass is 370 g/mol. The van der Waals surface area contributed by atoms with Crippen LogP contribution in [0.4, 0.5) is 0 Å². The van der Waals surface area contributed by atoms with Gasteiger partial charge in [0.05, 0.1) is 24.1 Å². The van der Waals surface area contributed by atoms with E-state index in [1.54, 1.807) is 12.1 Å². The molecule has 0 aliphatic rings. The van der Waals surface area contributed by atoms with Crippen molar-refractivity contribution in [2.24, 2.45) is 0 Å². The van der Waals surface area contributed by atoms with Crippen LogP contribution in [0.5, 0.6) is 11.5 Å². The number of hydrogen-bond acceptors (Lipinski definition) is 4. The van der Waals surface area contributed by atoms with Crippen LogP contribution in [0.15, 0.2) is 72.8 Å². The van der Waals surface area contributed by atoms with Gasteiger partial charge in [-0.25, -0.2) is 4.98 Å². The molecule has 28 heavy (non-hydrogen) atoms. The molecule has 0 aliphatic carbocycles. The Labute approximate surface area is 162 Å². The van der Waals surface area contributed by atoms with Crippen molar-refractivity contribution in [1.29, 1.82) is 0 Å². The SMILES string of the molecule is COc1cc(-c2nc(-c3ccccc3)c(-c3ccccc3)[nH]2)cc(C=O)c1O. The van der Waals surface area contributed by atoms with Gasteiger partial charge in [-0.3, -0.25) is 4.79 Å². The van der Waals surface area contributed by atoms with Crippen LogP contribution in [-0.2, 0) is 0 Å². The van der Waals surface area contributed by atoms with Crippen molar-refractivity contribution >= 4 is 6.29 Å². The molecule has 0 amide bonds. The Hall–Kier alpha value is -3.86. The molecular formula is C23H18N2O3. The quantitative estimate of drug-likeness (QED) is 0.488. The number of aromatic hydroxyl groups is 1. The van der Waals surface area contributed by atoms with Crippen molar-refractivity contribution in [3.8, 4) is 45.4 Å². The standard InChI is InChI=1S/C23H18N2O3/c1-28-19-13-17(12-18(14-26)22(19)27)23-24-20(15-8-4-2-5-9-15)21(25-23)16-10-6-3-7-11-16/h2-14,27H,1H3,(H,24,25). The number of nitrogens with zero attached hydrogens (tertiary/aromatic N) is 1. The highest BCUT2D eigenvalue weighted by atomic mass is 16.5. The van der Waals surface area contributed by atoms with Crippen LogP contribution in [0.3, 0.4) is 0 Å². The maximum absolute atomic E-state index is 11.3. The van der Waals surface area contributed by atoms with Crippen molar-refractivity contribution in [3.63, 3.8) is 0 Å². The van der Waals surface area contributed by atoms with Crippen LogP contribution in [0.1, 0.15) is 10.4 Å². The first-order chi connectivity index (χ1) is 13.7. The van der Waals surface area contributed by atoms with Gasteiger partial charge in [0.25, 0.3) is 0 Å². The highest BCUT2D eigenvalue weighted by molar-refractivity contribution is 5.86. The van der Waals surface area contributed by atoms with Gasteiger partial charge in [-0.05, 0) is 12.1 Å². The van der Waals surface area contributed by atoms with E-state index < -0.39 is 0 Å². The number of ether oxygens (including phenoxy) is 1. The van der Waals surface area contributed by atoms with Gasteiger partial charge in [0.1, 0.15) is 5.82 Å². The Morgan fingerprint density at radius 2 is 1.57 bits per heavy atom. The molecule has 0 fully saturated rings. The predicted molar refractivity (Wildman–Crippen MR) is 109 cm³/mol. The van der Waals surface area contributed by atoms with Crippen LogP contribution < -0.4 is 4.74 Å². The molecule has 1 heterocycles. The van der Waals surface area contributed by atoms with Crippen molar-refractivity contribution < 1.29 is 14.6 Å². The van der Waals surface area contributed by atoms with Gasteiger partial charge in [-0.15, -0.1) is 0 Å². The molecule has 0 saturated carbocycles. The predicted octanol–water partition coefficient (Wildman–Crippen LogP) is 4.94. The van der Waals surface area contributed by atoms with Crippen molar-refractivity contribution in [2.45, 2.75) is 0 Å². The van der Waals surface area contributed by atoms with Gasteiger partial charge in [-0.1, -0.05) is 60.7 Å². The normalized spacial score (nSPS) is 10.6. The number of carbonyl (C=O) groups excluding carboxylic acids is 1. The fourth-order valence-corrected chi connectivity index (χ4v) is 3.14. The number of H-pyrrole nitrogens is 1. The van der Waals surface area contributed by atoms with Crippen LogP contribution in [0.25, 0.3) is 33.9 Å². The largest absolute Gasteiger partial charge is 0.504 e. The van der Waals surface area contributed by atoms with E-state index in [0.717, 1.165) is 22.5 Å². The lowest BCUT2D eigenvalue weighted by Crippen LogP contribution is -1.91. The van der Waals surface area contributed by atoms with E-state index >= 15 is 0 Å². The number of methoxy groups -OCH3 is 1. The molecule has 4 rings (SSSR count). The number of phenols is 1. The summed E-state index contributed by atoms with van der Waals surface area (Å²) in [6.07, 6.45) is 0.598. The van der Waals surface area contributed by atoms with Crippen LogP contribution in [0, 0.1) is 0 Å². The van der Waals surface area contributed by atoms with E-state index in [4.69, 9.17) is 9.72 Å². The number of nitrogens with one attached hydrogen (secondary N) is 1. The summed E-state index contributed by atoms with van der Waals surface area (Å²) in [4.78, 5) is 19.5. The van der Waals surface area contributed by atoms with Gasteiger partial charge in [0.2, 0.25) is 0 Å². The van der Waals surface area contributed by atoms with Crippen molar-refractivity contribution in [1.82, 2.24) is 9.97 Å². The molecule has 5 heteroatoms. The summed E-state index contributed by atoms with van der Waals surface area (Å²) in [5, 5.41) is 10.1. The second-order valence-corrected chi connectivity index (χ2v) is 6.28. The van der Waals surface area contributed by atoms with Crippen LogP contribution >= 0.6 is 0 Å². The fraction of sp³-hybridized carbons (Fsp3) is 0.0435. The number of rotatable bonds is 5. The molecule has 0 saturated heterocycles. The third-order valence-electron chi connectivity index (χ3n) is 4.54. The summed E-state index contributed by atoms with van der Waals surface area (Å²) in [6.45, 7) is 0. The topological polar surface area (TPSA) is 75.2 Å². The number of aldehydes is 1. The second-order valence-electron chi connectivity index (χ2n) is 6.28. The van der Waals surface area contributed by atoms with Crippen LogP contribution in [-0.4, -0.2) is 28.5 Å². The second kappa shape index (κ2) is 7.40. The molecule has 0 aliphatic heterocycles. The third kappa shape index (κ3) is 3.14. The van der Waals surface area contributed by atoms with Gasteiger partial charge in [0.15, 0.2) is 17.8 Å². The Balaban J connectivity index is 1.93. The molecule has 3 aromatic carbocycles. The molecule has 0 radical (unpaired) electrons. The number of aromatic amines is 1. The summed E-state index contributed by atoms with van der Waals surface area (Å²) in [5.41, 5.74) is 4.46. The Morgan fingerprint density at radius 3 is 2.18 bits per heavy atom. The van der Waals surface area contributed by atoms with Crippen LogP contribution in [0.2, 0.25) is 0 Å². The molecule has 0 spiro atoms. The first-order valence-corrected chi connectivity index (χ1v) is 8.78. The Morgan fingerprint density at radius 1 is 0.929 bits per heavy atom. The summed E-state index contributed by atoms with van der Waals surface area (Å²) in [5.74, 6) is 0.622. The molecule has 4 aromatic rings. The molecule has 0 atom stereocenters. The fourth-order valence-electron chi connectivity index (χ4n) is 3.14. The number of hydrogen-bond donors (Lipinski definition) is 2. The first-order valence-electron chi connectivity index (χ1n) is 8.78. The number of carbonyl (C=O) groups is 1. The average molecular weight is 370 g/mol. The summed E-state index contributed by atoms with van der Waals surface area (Å²) in [6, 6.07) is 23.1. The zero-order valence-electron chi connectivity index (χ0n) is 15.2. The third-order valence-corrected chi connectivity index (χ3v) is 4.54. The first kappa shape index (κ1) is 17.5. The highest BCUT2D eigenvalue weighted by Gasteiger charge is 2.18. The zero-order valence-corrected chi connectivity index (χ0v) is 15.2. The van der Waals surface area contributed by atoms with Gasteiger partial charge >= 0.3 is 0 Å². The van der Waals surface area contributed by atoms with E-state index in [0.29, 0.717) is 17.7 Å². The van der Waals surface area contributed by atoms with Gasteiger partial charge in [0, 0.05) is 16.7 Å². The highest BCUT2D eigenvalue weighted by Crippen LogP contribution is 2.37. The molecular weight excluding hydrogens is 352 g/mol. The lowest BCUT2D eigenvalue weighted by Gasteiger charge is -2.07. The Bertz CT molecular complexity index is 1060. The summed E-state index contributed by atoms with van der Waals surface area (Å²) in [7, 11) is 1.44. The van der Waals surface area contributed by atoms with E-state index in [2.05, 4.69) is 4.98 Å². The van der Waals surface area contributed by atoms with E-state index in [1.165, 1.54) is 7.11 Å². The van der Waals surface area contributed by atoms with E-state index in [9.17, 15) is 9.90 Å². The summed E-state index contributed by atoms with van der Waals surface area (Å²) >= 11 is 0. The Kier molecular flexibility index (Phi) is 4.64. The molecule has 0 unspecified atom stereocenters. The lowest BCUT2D eigenvalue weighted by molar-refractivity contribution is 0.112. The maximum atomic E-state index is 11.3. The molecule has 2 N–H and O–H groups in total. The number of imidazole rings is 1. The average Bonchev–Trinajstić information content (AvgIpc) is 3.21.